The quantitative estimate of drug-likeness (QED) is 0.529. The topological polar surface area (TPSA) is 125 Å². The Labute approximate surface area is 161 Å². The summed E-state index contributed by atoms with van der Waals surface area (Å²) in [6, 6.07) is 12.2. The van der Waals surface area contributed by atoms with E-state index in [0.29, 0.717) is 17.0 Å². The number of carbonyl (C=O) groups excluding carboxylic acids is 4. The molecule has 0 aliphatic rings. The predicted octanol–water partition coefficient (Wildman–Crippen LogP) is 1.94. The molecule has 2 aromatic carbocycles. The lowest BCUT2D eigenvalue weighted by molar-refractivity contribution is -0.123. The van der Waals surface area contributed by atoms with Crippen LogP contribution in [0.15, 0.2) is 48.5 Å². The second kappa shape index (κ2) is 9.31. The van der Waals surface area contributed by atoms with Crippen molar-refractivity contribution in [2.75, 3.05) is 11.9 Å². The van der Waals surface area contributed by atoms with Crippen LogP contribution in [-0.2, 0) is 14.3 Å². The summed E-state index contributed by atoms with van der Waals surface area (Å²) < 4.78 is 10.2. The monoisotopic (exact) mass is 384 g/mol. The van der Waals surface area contributed by atoms with E-state index in [1.54, 1.807) is 24.3 Å². The molecule has 2 amide bonds. The second-order valence-electron chi connectivity index (χ2n) is 5.95. The number of nitrogens with one attached hydrogen (secondary N) is 1. The molecule has 0 fully saturated rings. The molecule has 0 saturated carbocycles. The van der Waals surface area contributed by atoms with Gasteiger partial charge in [-0.05, 0) is 62.4 Å². The zero-order valence-corrected chi connectivity index (χ0v) is 15.4. The SMILES string of the molecule is CC(=O)c1ccc(NC(=O)[C@H](C)OC(=O)c2ccc(OCC(N)=O)cc2)cc1. The van der Waals surface area contributed by atoms with E-state index in [-0.39, 0.29) is 18.0 Å². The number of ketones is 1. The van der Waals surface area contributed by atoms with Gasteiger partial charge in [0, 0.05) is 11.3 Å². The molecule has 0 unspecified atom stereocenters. The van der Waals surface area contributed by atoms with Crippen LogP contribution in [-0.4, -0.2) is 36.3 Å². The average Bonchev–Trinajstić information content (AvgIpc) is 2.67. The van der Waals surface area contributed by atoms with Crippen LogP contribution in [0.3, 0.4) is 0 Å². The van der Waals surface area contributed by atoms with Crippen molar-refractivity contribution >= 4 is 29.3 Å². The predicted molar refractivity (Wildman–Crippen MR) is 101 cm³/mol. The van der Waals surface area contributed by atoms with Gasteiger partial charge in [-0.2, -0.15) is 0 Å². The van der Waals surface area contributed by atoms with Gasteiger partial charge in [0.1, 0.15) is 5.75 Å². The average molecular weight is 384 g/mol. The molecule has 2 aromatic rings. The highest BCUT2D eigenvalue weighted by Crippen LogP contribution is 2.15. The Morgan fingerprint density at radius 3 is 2.07 bits per heavy atom. The maximum atomic E-state index is 12.2. The summed E-state index contributed by atoms with van der Waals surface area (Å²) in [6.07, 6.45) is -1.04. The summed E-state index contributed by atoms with van der Waals surface area (Å²) in [4.78, 5) is 46.3. The largest absolute Gasteiger partial charge is 0.484 e. The number of esters is 1. The molecule has 1 atom stereocenters. The summed E-state index contributed by atoms with van der Waals surface area (Å²) in [7, 11) is 0. The molecule has 8 nitrogen and oxygen atoms in total. The van der Waals surface area contributed by atoms with Crippen LogP contribution >= 0.6 is 0 Å². The fraction of sp³-hybridized carbons (Fsp3) is 0.200. The standard InChI is InChI=1S/C20H20N2O6/c1-12(23)14-3-7-16(8-4-14)22-19(25)13(2)28-20(26)15-5-9-17(10-6-15)27-11-18(21)24/h3-10,13H,11H2,1-2H3,(H2,21,24)(H,22,25)/t13-/m0/s1. The summed E-state index contributed by atoms with van der Waals surface area (Å²) in [5, 5.41) is 2.61. The molecular weight excluding hydrogens is 364 g/mol. The molecule has 3 N–H and O–H groups in total. The van der Waals surface area contributed by atoms with E-state index in [1.165, 1.54) is 38.1 Å². The number of rotatable bonds is 8. The number of hydrogen-bond donors (Lipinski definition) is 2. The summed E-state index contributed by atoms with van der Waals surface area (Å²) in [6.45, 7) is 2.63. The number of nitrogens with two attached hydrogens (primary N) is 1. The van der Waals surface area contributed by atoms with Crippen molar-refractivity contribution in [2.45, 2.75) is 20.0 Å². The molecule has 146 valence electrons. The molecule has 0 aliphatic carbocycles. The molecular formula is C20H20N2O6. The minimum Gasteiger partial charge on any atom is -0.484 e. The normalized spacial score (nSPS) is 11.2. The lowest BCUT2D eigenvalue weighted by atomic mass is 10.1. The van der Waals surface area contributed by atoms with E-state index in [4.69, 9.17) is 15.2 Å². The van der Waals surface area contributed by atoms with Crippen molar-refractivity contribution in [3.63, 3.8) is 0 Å². The Morgan fingerprint density at radius 2 is 1.54 bits per heavy atom. The van der Waals surface area contributed by atoms with Crippen molar-refractivity contribution < 1.29 is 28.7 Å². The molecule has 0 spiro atoms. The van der Waals surface area contributed by atoms with Crippen LogP contribution in [0.4, 0.5) is 5.69 Å². The number of hydrogen-bond acceptors (Lipinski definition) is 6. The van der Waals surface area contributed by atoms with E-state index in [2.05, 4.69) is 5.32 Å². The van der Waals surface area contributed by atoms with Gasteiger partial charge in [0.05, 0.1) is 5.56 Å². The molecule has 2 rings (SSSR count). The maximum absolute atomic E-state index is 12.2. The van der Waals surface area contributed by atoms with E-state index < -0.39 is 23.9 Å². The summed E-state index contributed by atoms with van der Waals surface area (Å²) >= 11 is 0. The first kappa shape index (κ1) is 20.6. The highest BCUT2D eigenvalue weighted by Gasteiger charge is 2.19. The Balaban J connectivity index is 1.90. The minimum absolute atomic E-state index is 0.0776. The van der Waals surface area contributed by atoms with Crippen molar-refractivity contribution in [3.8, 4) is 5.75 Å². The first-order chi connectivity index (χ1) is 13.3. The van der Waals surface area contributed by atoms with Crippen LogP contribution in [0.1, 0.15) is 34.6 Å². The number of Topliss-reactive ketones (excluding diaryl/α,β-unsaturated/α-hetero) is 1. The van der Waals surface area contributed by atoms with Gasteiger partial charge in [-0.3, -0.25) is 14.4 Å². The molecule has 28 heavy (non-hydrogen) atoms. The van der Waals surface area contributed by atoms with Gasteiger partial charge in [0.25, 0.3) is 11.8 Å². The number of ether oxygens (including phenoxy) is 2. The Bertz CT molecular complexity index is 875. The van der Waals surface area contributed by atoms with Gasteiger partial charge < -0.3 is 20.5 Å². The van der Waals surface area contributed by atoms with Crippen molar-refractivity contribution in [2.24, 2.45) is 5.73 Å². The van der Waals surface area contributed by atoms with E-state index in [0.717, 1.165) is 0 Å². The number of amides is 2. The van der Waals surface area contributed by atoms with Crippen molar-refractivity contribution in [3.05, 3.63) is 59.7 Å². The molecule has 0 aliphatic heterocycles. The fourth-order valence-electron chi connectivity index (χ4n) is 2.16. The summed E-state index contributed by atoms with van der Waals surface area (Å²) in [5.74, 6) is -1.51. The van der Waals surface area contributed by atoms with Crippen LogP contribution in [0.2, 0.25) is 0 Å². The van der Waals surface area contributed by atoms with E-state index >= 15 is 0 Å². The van der Waals surface area contributed by atoms with Gasteiger partial charge in [-0.15, -0.1) is 0 Å². The van der Waals surface area contributed by atoms with E-state index in [1.807, 2.05) is 0 Å². The zero-order chi connectivity index (χ0) is 20.7. The third-order valence-corrected chi connectivity index (χ3v) is 3.68. The molecule has 0 bridgehead atoms. The van der Waals surface area contributed by atoms with Crippen LogP contribution in [0.25, 0.3) is 0 Å². The first-order valence-corrected chi connectivity index (χ1v) is 8.40. The fourth-order valence-corrected chi connectivity index (χ4v) is 2.16. The van der Waals surface area contributed by atoms with Crippen molar-refractivity contribution in [1.29, 1.82) is 0 Å². The van der Waals surface area contributed by atoms with Gasteiger partial charge in [0.2, 0.25) is 0 Å². The van der Waals surface area contributed by atoms with Gasteiger partial charge in [-0.25, -0.2) is 4.79 Å². The lowest BCUT2D eigenvalue weighted by Crippen LogP contribution is -2.30. The Morgan fingerprint density at radius 1 is 0.964 bits per heavy atom. The lowest BCUT2D eigenvalue weighted by Gasteiger charge is -2.14. The number of carbonyl (C=O) groups is 4. The van der Waals surface area contributed by atoms with Crippen molar-refractivity contribution in [1.82, 2.24) is 0 Å². The smallest absolute Gasteiger partial charge is 0.338 e. The molecule has 0 saturated heterocycles. The highest BCUT2D eigenvalue weighted by molar-refractivity contribution is 5.98. The van der Waals surface area contributed by atoms with Crippen LogP contribution < -0.4 is 15.8 Å². The zero-order valence-electron chi connectivity index (χ0n) is 15.4. The molecule has 0 aromatic heterocycles. The van der Waals surface area contributed by atoms with Gasteiger partial charge >= 0.3 is 5.97 Å². The van der Waals surface area contributed by atoms with Gasteiger partial charge in [-0.1, -0.05) is 0 Å². The van der Waals surface area contributed by atoms with Crippen LogP contribution in [0.5, 0.6) is 5.75 Å². The third kappa shape index (κ3) is 5.94. The second-order valence-corrected chi connectivity index (χ2v) is 5.95. The maximum Gasteiger partial charge on any atom is 0.338 e. The highest BCUT2D eigenvalue weighted by atomic mass is 16.5. The number of benzene rings is 2. The Hall–Kier alpha value is -3.68. The Kier molecular flexibility index (Phi) is 6.86. The molecule has 0 radical (unpaired) electrons. The molecule has 8 heteroatoms. The minimum atomic E-state index is -1.04. The first-order valence-electron chi connectivity index (χ1n) is 8.40. The van der Waals surface area contributed by atoms with E-state index in [9.17, 15) is 19.2 Å². The third-order valence-electron chi connectivity index (χ3n) is 3.68. The van der Waals surface area contributed by atoms with Gasteiger partial charge in [0.15, 0.2) is 18.5 Å². The number of anilines is 1. The number of primary amides is 1. The molecule has 0 heterocycles. The van der Waals surface area contributed by atoms with Crippen LogP contribution in [0, 0.1) is 0 Å². The summed E-state index contributed by atoms with van der Waals surface area (Å²) in [5.41, 5.74) is 6.21.